The van der Waals surface area contributed by atoms with Crippen molar-refractivity contribution in [1.29, 1.82) is 5.26 Å². The van der Waals surface area contributed by atoms with Crippen molar-refractivity contribution in [3.05, 3.63) is 46.8 Å². The molecule has 0 saturated heterocycles. The van der Waals surface area contributed by atoms with Crippen LogP contribution in [0.3, 0.4) is 0 Å². The molecule has 19 heavy (non-hydrogen) atoms. The lowest BCUT2D eigenvalue weighted by Gasteiger charge is -2.23. The molecule has 1 heterocycles. The molecule has 1 aromatic carbocycles. The highest BCUT2D eigenvalue weighted by atomic mass is 35.5. The maximum Gasteiger partial charge on any atom is 0.224 e. The molecular weight excluding hydrogens is 283 g/mol. The fourth-order valence-corrected chi connectivity index (χ4v) is 1.98. The number of halogens is 2. The van der Waals surface area contributed by atoms with Crippen LogP contribution in [0, 0.1) is 11.3 Å². The lowest BCUT2D eigenvalue weighted by atomic mass is 10.2. The molecule has 96 valence electrons. The first-order valence-corrected chi connectivity index (χ1v) is 6.35. The Balaban J connectivity index is 2.43. The third-order valence-electron chi connectivity index (χ3n) is 2.47. The zero-order valence-corrected chi connectivity index (χ0v) is 11.4. The summed E-state index contributed by atoms with van der Waals surface area (Å²) >= 11 is 11.9. The predicted molar refractivity (Wildman–Crippen MR) is 75.7 cm³/mol. The summed E-state index contributed by atoms with van der Waals surface area (Å²) in [6.45, 7) is 0.480. The van der Waals surface area contributed by atoms with E-state index in [1.165, 1.54) is 6.20 Å². The van der Waals surface area contributed by atoms with Crippen LogP contribution in [0.2, 0.25) is 10.3 Å². The van der Waals surface area contributed by atoms with Gasteiger partial charge in [-0.3, -0.25) is 0 Å². The minimum atomic E-state index is 0.122. The molecule has 1 aromatic heterocycles. The van der Waals surface area contributed by atoms with Crippen LogP contribution in [0.5, 0.6) is 0 Å². The van der Waals surface area contributed by atoms with E-state index in [-0.39, 0.29) is 5.28 Å². The molecular formula is C13H10Cl2N4. The quantitative estimate of drug-likeness (QED) is 0.804. The summed E-state index contributed by atoms with van der Waals surface area (Å²) in [5.74, 6) is 0.503. The largest absolute Gasteiger partial charge is 0.324 e. The van der Waals surface area contributed by atoms with E-state index in [4.69, 9.17) is 28.5 Å². The summed E-state index contributed by atoms with van der Waals surface area (Å²) in [6, 6.07) is 11.7. The second-order valence-electron chi connectivity index (χ2n) is 3.71. The number of anilines is 2. The van der Waals surface area contributed by atoms with Crippen LogP contribution < -0.4 is 4.90 Å². The topological polar surface area (TPSA) is 52.8 Å². The van der Waals surface area contributed by atoms with Gasteiger partial charge in [-0.2, -0.15) is 10.2 Å². The standard InChI is InChI=1S/C13H10Cl2N4/c14-11-9-17-13(15)18-12(11)19(8-4-7-16)10-5-2-1-3-6-10/h1-3,5-6,9H,4,8H2. The molecule has 0 saturated carbocycles. The van der Waals surface area contributed by atoms with Gasteiger partial charge in [-0.15, -0.1) is 0 Å². The Morgan fingerprint density at radius 1 is 1.21 bits per heavy atom. The van der Waals surface area contributed by atoms with Crippen molar-refractivity contribution in [3.63, 3.8) is 0 Å². The van der Waals surface area contributed by atoms with Crippen molar-refractivity contribution in [3.8, 4) is 6.07 Å². The van der Waals surface area contributed by atoms with Crippen LogP contribution in [0.1, 0.15) is 6.42 Å². The molecule has 0 fully saturated rings. The van der Waals surface area contributed by atoms with Gasteiger partial charge in [0.25, 0.3) is 0 Å². The molecule has 0 aliphatic heterocycles. The zero-order valence-electron chi connectivity index (χ0n) is 9.92. The summed E-state index contributed by atoms with van der Waals surface area (Å²) in [6.07, 6.45) is 1.81. The molecule has 0 aliphatic rings. The average molecular weight is 293 g/mol. The smallest absolute Gasteiger partial charge is 0.224 e. The SMILES string of the molecule is N#CCCN(c1ccccc1)c1nc(Cl)ncc1Cl. The van der Waals surface area contributed by atoms with Crippen molar-refractivity contribution in [2.24, 2.45) is 0 Å². The fourth-order valence-electron chi connectivity index (χ4n) is 1.65. The first-order valence-electron chi connectivity index (χ1n) is 5.60. The summed E-state index contributed by atoms with van der Waals surface area (Å²) in [7, 11) is 0. The van der Waals surface area contributed by atoms with E-state index in [9.17, 15) is 0 Å². The van der Waals surface area contributed by atoms with Gasteiger partial charge in [-0.05, 0) is 23.7 Å². The van der Waals surface area contributed by atoms with Crippen molar-refractivity contribution >= 4 is 34.7 Å². The van der Waals surface area contributed by atoms with Crippen LogP contribution in [0.15, 0.2) is 36.5 Å². The molecule has 0 atom stereocenters. The van der Waals surface area contributed by atoms with Crippen LogP contribution in [0.25, 0.3) is 0 Å². The average Bonchev–Trinajstić information content (AvgIpc) is 2.44. The summed E-state index contributed by atoms with van der Waals surface area (Å²) in [4.78, 5) is 9.81. The molecule has 2 rings (SSSR count). The van der Waals surface area contributed by atoms with Gasteiger partial charge >= 0.3 is 0 Å². The maximum atomic E-state index is 8.76. The second-order valence-corrected chi connectivity index (χ2v) is 4.45. The Bertz CT molecular complexity index is 595. The van der Waals surface area contributed by atoms with E-state index in [0.717, 1.165) is 5.69 Å². The number of para-hydroxylation sites is 1. The first-order chi connectivity index (χ1) is 9.22. The first kappa shape index (κ1) is 13.6. The van der Waals surface area contributed by atoms with Crippen molar-refractivity contribution in [2.75, 3.05) is 11.4 Å². The molecule has 6 heteroatoms. The van der Waals surface area contributed by atoms with E-state index in [0.29, 0.717) is 23.8 Å². The summed E-state index contributed by atoms with van der Waals surface area (Å²) in [5, 5.41) is 9.28. The Morgan fingerprint density at radius 2 is 1.95 bits per heavy atom. The second kappa shape index (κ2) is 6.37. The fraction of sp³-hybridized carbons (Fsp3) is 0.154. The van der Waals surface area contributed by atoms with E-state index in [1.54, 1.807) is 0 Å². The third-order valence-corrected chi connectivity index (χ3v) is 2.92. The molecule has 0 spiro atoms. The number of rotatable bonds is 4. The van der Waals surface area contributed by atoms with Gasteiger partial charge in [0.05, 0.1) is 18.7 Å². The molecule has 2 aromatic rings. The Labute approximate surface area is 121 Å². The van der Waals surface area contributed by atoms with E-state index >= 15 is 0 Å². The molecule has 0 N–H and O–H groups in total. The van der Waals surface area contributed by atoms with Gasteiger partial charge in [0.1, 0.15) is 5.02 Å². The molecule has 0 unspecified atom stereocenters. The monoisotopic (exact) mass is 292 g/mol. The van der Waals surface area contributed by atoms with Gasteiger partial charge < -0.3 is 4.90 Å². The lowest BCUT2D eigenvalue weighted by Crippen LogP contribution is -2.20. The number of hydrogen-bond donors (Lipinski definition) is 0. The normalized spacial score (nSPS) is 9.95. The van der Waals surface area contributed by atoms with Gasteiger partial charge in [0.15, 0.2) is 5.82 Å². The van der Waals surface area contributed by atoms with Crippen LogP contribution in [0.4, 0.5) is 11.5 Å². The Morgan fingerprint density at radius 3 is 2.63 bits per heavy atom. The molecule has 0 radical (unpaired) electrons. The van der Waals surface area contributed by atoms with E-state index in [1.807, 2.05) is 35.2 Å². The van der Waals surface area contributed by atoms with Crippen LogP contribution in [-0.4, -0.2) is 16.5 Å². The van der Waals surface area contributed by atoms with Crippen molar-refractivity contribution < 1.29 is 0 Å². The highest BCUT2D eigenvalue weighted by Crippen LogP contribution is 2.30. The van der Waals surface area contributed by atoms with Gasteiger partial charge in [0, 0.05) is 12.2 Å². The van der Waals surface area contributed by atoms with Crippen molar-refractivity contribution in [2.45, 2.75) is 6.42 Å². The van der Waals surface area contributed by atoms with E-state index < -0.39 is 0 Å². The minimum absolute atomic E-state index is 0.122. The van der Waals surface area contributed by atoms with Gasteiger partial charge in [-0.1, -0.05) is 29.8 Å². The maximum absolute atomic E-state index is 8.76. The zero-order chi connectivity index (χ0) is 13.7. The highest BCUT2D eigenvalue weighted by molar-refractivity contribution is 6.33. The molecule has 0 amide bonds. The van der Waals surface area contributed by atoms with Gasteiger partial charge in [0.2, 0.25) is 5.28 Å². The molecule has 0 aliphatic carbocycles. The highest BCUT2D eigenvalue weighted by Gasteiger charge is 2.15. The minimum Gasteiger partial charge on any atom is -0.324 e. The van der Waals surface area contributed by atoms with Crippen molar-refractivity contribution in [1.82, 2.24) is 9.97 Å². The number of nitriles is 1. The number of aromatic nitrogens is 2. The van der Waals surface area contributed by atoms with Crippen LogP contribution in [-0.2, 0) is 0 Å². The Hall–Kier alpha value is -1.83. The predicted octanol–water partition coefficient (Wildman–Crippen LogP) is 3.84. The Kier molecular flexibility index (Phi) is 4.56. The molecule has 4 nitrogen and oxygen atoms in total. The lowest BCUT2D eigenvalue weighted by molar-refractivity contribution is 0.920. The summed E-state index contributed by atoms with van der Waals surface area (Å²) < 4.78 is 0. The van der Waals surface area contributed by atoms with Crippen LogP contribution >= 0.6 is 23.2 Å². The number of nitrogens with zero attached hydrogens (tertiary/aromatic N) is 4. The number of hydrogen-bond acceptors (Lipinski definition) is 4. The summed E-state index contributed by atoms with van der Waals surface area (Å²) in [5.41, 5.74) is 0.898. The van der Waals surface area contributed by atoms with E-state index in [2.05, 4.69) is 16.0 Å². The third kappa shape index (κ3) is 3.34. The molecule has 0 bridgehead atoms. The number of benzene rings is 1. The van der Waals surface area contributed by atoms with Gasteiger partial charge in [-0.25, -0.2) is 4.98 Å².